The molecule has 2 fully saturated rings. The summed E-state index contributed by atoms with van der Waals surface area (Å²) in [6, 6.07) is -2.26. The average molecular weight is 271 g/mol. The number of hydrogen-bond donors (Lipinski definition) is 3. The van der Waals surface area contributed by atoms with Crippen molar-refractivity contribution in [3.05, 3.63) is 0 Å². The lowest BCUT2D eigenvalue weighted by atomic mass is 10.2. The lowest BCUT2D eigenvalue weighted by Crippen LogP contribution is -2.52. The first-order valence-corrected chi connectivity index (χ1v) is 6.19. The van der Waals surface area contributed by atoms with Crippen LogP contribution in [0.3, 0.4) is 0 Å². The van der Waals surface area contributed by atoms with Gasteiger partial charge in [0.25, 0.3) is 0 Å². The molecular weight excluding hydrogens is 254 g/mol. The number of hydrogen-bond acceptors (Lipinski definition) is 4. The molecule has 4 N–H and O–H groups in total. The van der Waals surface area contributed by atoms with Crippen molar-refractivity contribution in [1.29, 1.82) is 0 Å². The van der Waals surface area contributed by atoms with Crippen LogP contribution in [0.25, 0.3) is 0 Å². The van der Waals surface area contributed by atoms with Crippen molar-refractivity contribution in [2.75, 3.05) is 13.1 Å². The van der Waals surface area contributed by atoms with Crippen LogP contribution in [0.15, 0.2) is 0 Å². The summed E-state index contributed by atoms with van der Waals surface area (Å²) in [5, 5.41) is 18.6. The smallest absolute Gasteiger partial charge is 0.326 e. The van der Waals surface area contributed by atoms with Gasteiger partial charge in [0.15, 0.2) is 0 Å². The summed E-state index contributed by atoms with van der Waals surface area (Å²) >= 11 is 0. The van der Waals surface area contributed by atoms with E-state index in [1.165, 1.54) is 4.90 Å². The molecule has 0 radical (unpaired) electrons. The summed E-state index contributed by atoms with van der Waals surface area (Å²) in [4.78, 5) is 37.0. The topological polar surface area (TPSA) is 124 Å². The van der Waals surface area contributed by atoms with Crippen molar-refractivity contribution in [3.8, 4) is 0 Å². The maximum Gasteiger partial charge on any atom is 0.326 e. The number of carbonyl (C=O) groups excluding carboxylic acids is 2. The molecule has 2 rings (SSSR count). The standard InChI is InChI=1S/C11H17N3O5/c12-9(16)7-2-1-3-13(7)11(19)14-5-6(15)4-8(14)10(17)18/h6-8,15H,1-5H2,(H2,12,16)(H,17,18)/t6-,7?,8-/m1/s1. The van der Waals surface area contributed by atoms with Gasteiger partial charge >= 0.3 is 12.0 Å². The Morgan fingerprint density at radius 3 is 2.42 bits per heavy atom. The summed E-state index contributed by atoms with van der Waals surface area (Å²) in [5.74, 6) is -1.74. The van der Waals surface area contributed by atoms with E-state index in [0.717, 1.165) is 4.90 Å². The first kappa shape index (κ1) is 13.6. The minimum absolute atomic E-state index is 0.0101. The van der Waals surface area contributed by atoms with Gasteiger partial charge in [0.05, 0.1) is 6.10 Å². The number of aliphatic hydroxyl groups is 1. The number of nitrogens with zero attached hydrogens (tertiary/aromatic N) is 2. The van der Waals surface area contributed by atoms with E-state index < -0.39 is 36.1 Å². The molecule has 106 valence electrons. The number of aliphatic hydroxyl groups excluding tert-OH is 1. The van der Waals surface area contributed by atoms with Crippen LogP contribution in [-0.2, 0) is 9.59 Å². The summed E-state index contributed by atoms with van der Waals surface area (Å²) in [6.07, 6.45) is 0.318. The second-order valence-electron chi connectivity index (χ2n) is 4.93. The number of primary amides is 1. The van der Waals surface area contributed by atoms with Gasteiger partial charge in [0.1, 0.15) is 12.1 Å². The van der Waals surface area contributed by atoms with Gasteiger partial charge < -0.3 is 25.7 Å². The highest BCUT2D eigenvalue weighted by Gasteiger charge is 2.43. The highest BCUT2D eigenvalue weighted by molar-refractivity contribution is 5.89. The lowest BCUT2D eigenvalue weighted by Gasteiger charge is -2.30. The normalized spacial score (nSPS) is 30.7. The second-order valence-corrected chi connectivity index (χ2v) is 4.93. The molecule has 0 aliphatic carbocycles. The summed E-state index contributed by atoms with van der Waals surface area (Å²) < 4.78 is 0. The van der Waals surface area contributed by atoms with Gasteiger partial charge in [0.2, 0.25) is 5.91 Å². The van der Waals surface area contributed by atoms with Crippen LogP contribution in [0.2, 0.25) is 0 Å². The van der Waals surface area contributed by atoms with Crippen molar-refractivity contribution in [2.24, 2.45) is 5.73 Å². The molecule has 2 heterocycles. The summed E-state index contributed by atoms with van der Waals surface area (Å²) in [7, 11) is 0. The van der Waals surface area contributed by atoms with Crippen LogP contribution in [0.5, 0.6) is 0 Å². The Hall–Kier alpha value is -1.83. The van der Waals surface area contributed by atoms with Gasteiger partial charge in [-0.15, -0.1) is 0 Å². The highest BCUT2D eigenvalue weighted by Crippen LogP contribution is 2.24. The molecule has 0 aromatic rings. The SMILES string of the molecule is NC(=O)C1CCCN1C(=O)N1C[C@H](O)C[C@@H]1C(=O)O. The van der Waals surface area contributed by atoms with Gasteiger partial charge in [-0.2, -0.15) is 0 Å². The number of carboxylic acids is 1. The third kappa shape index (κ3) is 2.48. The first-order valence-electron chi connectivity index (χ1n) is 6.19. The number of rotatable bonds is 2. The van der Waals surface area contributed by atoms with E-state index in [9.17, 15) is 19.5 Å². The molecular formula is C11H17N3O5. The first-order chi connectivity index (χ1) is 8.91. The lowest BCUT2D eigenvalue weighted by molar-refractivity contribution is -0.141. The van der Waals surface area contributed by atoms with Crippen LogP contribution in [-0.4, -0.2) is 69.2 Å². The molecule has 8 heteroatoms. The van der Waals surface area contributed by atoms with Gasteiger partial charge in [-0.05, 0) is 12.8 Å². The molecule has 2 aliphatic heterocycles. The molecule has 3 atom stereocenters. The Labute approximate surface area is 109 Å². The quantitative estimate of drug-likeness (QED) is 0.568. The third-order valence-corrected chi connectivity index (χ3v) is 3.64. The molecule has 8 nitrogen and oxygen atoms in total. The number of amides is 3. The maximum absolute atomic E-state index is 12.3. The third-order valence-electron chi connectivity index (χ3n) is 3.64. The van der Waals surface area contributed by atoms with E-state index >= 15 is 0 Å². The van der Waals surface area contributed by atoms with Crippen molar-refractivity contribution in [3.63, 3.8) is 0 Å². The van der Waals surface area contributed by atoms with Gasteiger partial charge in [-0.3, -0.25) is 4.79 Å². The largest absolute Gasteiger partial charge is 0.480 e. The number of β-amino-alcohol motifs (C(OH)–C–C–N with tert-alkyl or cyclic N) is 1. The molecule has 3 amide bonds. The number of likely N-dealkylation sites (tertiary alicyclic amines) is 2. The van der Waals surface area contributed by atoms with E-state index in [4.69, 9.17) is 10.8 Å². The molecule has 19 heavy (non-hydrogen) atoms. The fourth-order valence-electron chi connectivity index (χ4n) is 2.72. The van der Waals surface area contributed by atoms with E-state index in [-0.39, 0.29) is 13.0 Å². The van der Waals surface area contributed by atoms with Crippen molar-refractivity contribution >= 4 is 17.9 Å². The van der Waals surface area contributed by atoms with E-state index in [0.29, 0.717) is 19.4 Å². The summed E-state index contributed by atoms with van der Waals surface area (Å²) in [5.41, 5.74) is 5.23. The zero-order valence-electron chi connectivity index (χ0n) is 10.4. The number of carbonyl (C=O) groups is 3. The molecule has 0 aromatic heterocycles. The van der Waals surface area contributed by atoms with Crippen molar-refractivity contribution < 1.29 is 24.6 Å². The van der Waals surface area contributed by atoms with Gasteiger partial charge in [0, 0.05) is 19.5 Å². The molecule has 0 saturated carbocycles. The maximum atomic E-state index is 12.3. The molecule has 2 aliphatic rings. The molecule has 0 spiro atoms. The zero-order chi connectivity index (χ0) is 14.2. The minimum Gasteiger partial charge on any atom is -0.480 e. The minimum atomic E-state index is -1.15. The van der Waals surface area contributed by atoms with E-state index in [1.54, 1.807) is 0 Å². The Morgan fingerprint density at radius 1 is 1.16 bits per heavy atom. The predicted molar refractivity (Wildman–Crippen MR) is 63.1 cm³/mol. The van der Waals surface area contributed by atoms with E-state index in [1.807, 2.05) is 0 Å². The molecule has 1 unspecified atom stereocenters. The molecule has 0 aromatic carbocycles. The Kier molecular flexibility index (Phi) is 3.61. The fraction of sp³-hybridized carbons (Fsp3) is 0.727. The molecule has 2 saturated heterocycles. The summed E-state index contributed by atoms with van der Waals surface area (Å²) in [6.45, 7) is 0.350. The Bertz CT molecular complexity index is 413. The van der Waals surface area contributed by atoms with Crippen molar-refractivity contribution in [2.45, 2.75) is 37.5 Å². The second kappa shape index (κ2) is 5.04. The highest BCUT2D eigenvalue weighted by atomic mass is 16.4. The van der Waals surface area contributed by atoms with Crippen LogP contribution in [0.4, 0.5) is 4.79 Å². The fourth-order valence-corrected chi connectivity index (χ4v) is 2.72. The average Bonchev–Trinajstić information content (AvgIpc) is 2.93. The van der Waals surface area contributed by atoms with Crippen LogP contribution < -0.4 is 5.73 Å². The Morgan fingerprint density at radius 2 is 1.84 bits per heavy atom. The van der Waals surface area contributed by atoms with Crippen LogP contribution in [0, 0.1) is 0 Å². The monoisotopic (exact) mass is 271 g/mol. The number of urea groups is 1. The predicted octanol–water partition coefficient (Wildman–Crippen LogP) is -1.42. The van der Waals surface area contributed by atoms with Crippen LogP contribution in [0.1, 0.15) is 19.3 Å². The van der Waals surface area contributed by atoms with Crippen molar-refractivity contribution in [1.82, 2.24) is 9.80 Å². The van der Waals surface area contributed by atoms with Gasteiger partial charge in [-0.25, -0.2) is 9.59 Å². The zero-order valence-corrected chi connectivity index (χ0v) is 10.4. The number of nitrogens with two attached hydrogens (primary N) is 1. The van der Waals surface area contributed by atoms with E-state index in [2.05, 4.69) is 0 Å². The number of carboxylic acid groups (broad SMARTS) is 1. The number of aliphatic carboxylic acids is 1. The molecule has 0 bridgehead atoms. The van der Waals surface area contributed by atoms with Gasteiger partial charge in [-0.1, -0.05) is 0 Å². The van der Waals surface area contributed by atoms with Crippen LogP contribution >= 0.6 is 0 Å². The Balaban J connectivity index is 2.14.